The molecule has 0 atom stereocenters. The van der Waals surface area contributed by atoms with E-state index in [2.05, 4.69) is 14.9 Å². The summed E-state index contributed by atoms with van der Waals surface area (Å²) in [5.41, 5.74) is -0.0451. The van der Waals surface area contributed by atoms with E-state index in [1.54, 1.807) is 0 Å². The maximum Gasteiger partial charge on any atom is 0.357 e. The zero-order chi connectivity index (χ0) is 15.6. The van der Waals surface area contributed by atoms with Crippen LogP contribution in [-0.2, 0) is 10.0 Å². The molecule has 0 aliphatic rings. The number of H-pyrrole nitrogens is 1. The first-order valence-corrected chi connectivity index (χ1v) is 7.14. The summed E-state index contributed by atoms with van der Waals surface area (Å²) in [6.07, 6.45) is 0. The number of nitrogens with one attached hydrogen (secondary N) is 2. The van der Waals surface area contributed by atoms with Gasteiger partial charge in [0.2, 0.25) is 0 Å². The molecule has 0 saturated heterocycles. The lowest BCUT2D eigenvalue weighted by Crippen LogP contribution is -2.17. The Hall–Kier alpha value is -2.86. The summed E-state index contributed by atoms with van der Waals surface area (Å²) in [5.74, 6) is -1.45. The van der Waals surface area contributed by atoms with Crippen LogP contribution in [0.2, 0.25) is 0 Å². The Kier molecular flexibility index (Phi) is 3.64. The summed E-state index contributed by atoms with van der Waals surface area (Å²) in [7, 11) is -4.14. The fourth-order valence-electron chi connectivity index (χ4n) is 1.75. The Bertz CT molecular complexity index is 848. The third-order valence-electron chi connectivity index (χ3n) is 2.61. The van der Waals surface area contributed by atoms with Crippen molar-refractivity contribution in [3.8, 4) is 6.07 Å². The molecule has 1 heterocycles. The van der Waals surface area contributed by atoms with Crippen LogP contribution < -0.4 is 4.72 Å². The van der Waals surface area contributed by atoms with Crippen molar-refractivity contribution in [3.63, 3.8) is 0 Å². The van der Waals surface area contributed by atoms with Crippen molar-refractivity contribution in [2.24, 2.45) is 0 Å². The van der Waals surface area contributed by atoms with Crippen LogP contribution in [-0.4, -0.2) is 29.7 Å². The first-order chi connectivity index (χ1) is 9.85. The van der Waals surface area contributed by atoms with Crippen molar-refractivity contribution in [3.05, 3.63) is 41.2 Å². The fourth-order valence-corrected chi connectivity index (χ4v) is 3.13. The van der Waals surface area contributed by atoms with Gasteiger partial charge in [0, 0.05) is 0 Å². The molecule has 0 aliphatic heterocycles. The average molecular weight is 306 g/mol. The summed E-state index contributed by atoms with van der Waals surface area (Å²) in [6, 6.07) is 7.70. The molecule has 21 heavy (non-hydrogen) atoms. The van der Waals surface area contributed by atoms with E-state index in [0.717, 1.165) is 0 Å². The second kappa shape index (κ2) is 5.26. The summed E-state index contributed by atoms with van der Waals surface area (Å²) >= 11 is 0. The molecule has 0 spiro atoms. The van der Waals surface area contributed by atoms with Gasteiger partial charge in [-0.05, 0) is 25.1 Å². The van der Waals surface area contributed by atoms with Crippen LogP contribution in [0.4, 0.5) is 5.69 Å². The van der Waals surface area contributed by atoms with E-state index in [1.807, 2.05) is 6.07 Å². The highest BCUT2D eigenvalue weighted by atomic mass is 32.2. The zero-order valence-corrected chi connectivity index (χ0v) is 11.6. The van der Waals surface area contributed by atoms with Gasteiger partial charge in [-0.25, -0.2) is 13.2 Å². The lowest BCUT2D eigenvalue weighted by Gasteiger charge is -2.08. The van der Waals surface area contributed by atoms with Crippen molar-refractivity contribution in [2.45, 2.75) is 11.8 Å². The minimum absolute atomic E-state index is 0.108. The van der Waals surface area contributed by atoms with Gasteiger partial charge < -0.3 is 5.11 Å². The topological polar surface area (TPSA) is 136 Å². The van der Waals surface area contributed by atoms with E-state index in [0.29, 0.717) is 0 Å². The number of carboxylic acids is 1. The largest absolute Gasteiger partial charge is 0.476 e. The standard InChI is InChI=1S/C12H10N4O4S/c1-7-11(10(12(17)18)15-14-7)21(19,20)16-9-4-2-3-8(5-9)6-13/h2-5,16H,1H3,(H,14,15)(H,17,18). The number of carbonyl (C=O) groups is 1. The maximum absolute atomic E-state index is 12.3. The highest BCUT2D eigenvalue weighted by molar-refractivity contribution is 7.92. The van der Waals surface area contributed by atoms with E-state index in [-0.39, 0.29) is 16.9 Å². The number of aromatic nitrogens is 2. The molecular formula is C12H10N4O4S. The average Bonchev–Trinajstić information content (AvgIpc) is 2.81. The number of rotatable bonds is 4. The van der Waals surface area contributed by atoms with E-state index in [4.69, 9.17) is 10.4 Å². The molecule has 8 nitrogen and oxygen atoms in total. The molecule has 0 radical (unpaired) electrons. The summed E-state index contributed by atoms with van der Waals surface area (Å²) < 4.78 is 26.8. The van der Waals surface area contributed by atoms with Gasteiger partial charge in [-0.2, -0.15) is 10.4 Å². The normalized spacial score (nSPS) is 10.9. The van der Waals surface area contributed by atoms with Gasteiger partial charge >= 0.3 is 5.97 Å². The van der Waals surface area contributed by atoms with E-state index in [1.165, 1.54) is 31.2 Å². The SMILES string of the molecule is Cc1[nH]nc(C(=O)O)c1S(=O)(=O)Nc1cccc(C#N)c1. The molecule has 0 saturated carbocycles. The number of hydrogen-bond donors (Lipinski definition) is 3. The monoisotopic (exact) mass is 306 g/mol. The van der Waals surface area contributed by atoms with Crippen molar-refractivity contribution in [2.75, 3.05) is 4.72 Å². The van der Waals surface area contributed by atoms with Crippen LogP contribution in [0.25, 0.3) is 0 Å². The van der Waals surface area contributed by atoms with Crippen LogP contribution >= 0.6 is 0 Å². The number of sulfonamides is 1. The first-order valence-electron chi connectivity index (χ1n) is 5.66. The molecule has 9 heteroatoms. The number of anilines is 1. The molecule has 2 rings (SSSR count). The zero-order valence-electron chi connectivity index (χ0n) is 10.8. The second-order valence-corrected chi connectivity index (χ2v) is 5.75. The maximum atomic E-state index is 12.3. The number of aromatic carboxylic acids is 1. The summed E-state index contributed by atoms with van der Waals surface area (Å²) in [5, 5.41) is 23.5. The molecule has 0 fully saturated rings. The molecule has 0 aliphatic carbocycles. The lowest BCUT2D eigenvalue weighted by atomic mass is 10.2. The van der Waals surface area contributed by atoms with Crippen molar-refractivity contribution in [1.82, 2.24) is 10.2 Å². The molecular weight excluding hydrogens is 296 g/mol. The summed E-state index contributed by atoms with van der Waals surface area (Å²) in [4.78, 5) is 10.6. The smallest absolute Gasteiger partial charge is 0.357 e. The Morgan fingerprint density at radius 3 is 2.81 bits per heavy atom. The molecule has 0 unspecified atom stereocenters. The number of benzene rings is 1. The van der Waals surface area contributed by atoms with Crippen molar-refractivity contribution in [1.29, 1.82) is 5.26 Å². The third-order valence-corrected chi connectivity index (χ3v) is 4.15. The predicted octanol–water partition coefficient (Wildman–Crippen LogP) is 1.09. The van der Waals surface area contributed by atoms with Gasteiger partial charge in [-0.1, -0.05) is 6.07 Å². The number of aryl methyl sites for hydroxylation is 1. The minimum atomic E-state index is -4.14. The molecule has 0 bridgehead atoms. The molecule has 108 valence electrons. The van der Waals surface area contributed by atoms with Crippen LogP contribution in [0.5, 0.6) is 0 Å². The molecule has 0 amide bonds. The lowest BCUT2D eigenvalue weighted by molar-refractivity contribution is 0.0686. The number of aromatic amines is 1. The minimum Gasteiger partial charge on any atom is -0.476 e. The van der Waals surface area contributed by atoms with Gasteiger partial charge in [-0.3, -0.25) is 9.82 Å². The third kappa shape index (κ3) is 2.85. The van der Waals surface area contributed by atoms with Crippen LogP contribution in [0, 0.1) is 18.3 Å². The van der Waals surface area contributed by atoms with Crippen LogP contribution in [0.15, 0.2) is 29.2 Å². The highest BCUT2D eigenvalue weighted by Crippen LogP contribution is 2.21. The second-order valence-electron chi connectivity index (χ2n) is 4.13. The van der Waals surface area contributed by atoms with Crippen LogP contribution in [0.3, 0.4) is 0 Å². The Morgan fingerprint density at radius 2 is 2.19 bits per heavy atom. The molecule has 3 N–H and O–H groups in total. The van der Waals surface area contributed by atoms with Crippen molar-refractivity contribution >= 4 is 21.7 Å². The molecule has 1 aromatic carbocycles. The number of nitrogens with zero attached hydrogens (tertiary/aromatic N) is 2. The number of nitriles is 1. The molecule has 2 aromatic rings. The highest BCUT2D eigenvalue weighted by Gasteiger charge is 2.28. The fraction of sp³-hybridized carbons (Fsp3) is 0.0833. The van der Waals surface area contributed by atoms with Crippen molar-refractivity contribution < 1.29 is 18.3 Å². The number of carboxylic acid groups (broad SMARTS) is 1. The summed E-state index contributed by atoms with van der Waals surface area (Å²) in [6.45, 7) is 1.40. The van der Waals surface area contributed by atoms with E-state index < -0.39 is 26.6 Å². The Balaban J connectivity index is 2.46. The van der Waals surface area contributed by atoms with Gasteiger partial charge in [0.05, 0.1) is 23.0 Å². The predicted molar refractivity (Wildman–Crippen MR) is 72.2 cm³/mol. The van der Waals surface area contributed by atoms with Gasteiger partial charge in [0.1, 0.15) is 4.90 Å². The Labute approximate surface area is 120 Å². The Morgan fingerprint density at radius 1 is 1.48 bits per heavy atom. The van der Waals surface area contributed by atoms with E-state index in [9.17, 15) is 13.2 Å². The van der Waals surface area contributed by atoms with Crippen LogP contribution in [0.1, 0.15) is 21.7 Å². The quantitative estimate of drug-likeness (QED) is 0.773. The van der Waals surface area contributed by atoms with Gasteiger partial charge in [0.15, 0.2) is 5.69 Å². The van der Waals surface area contributed by atoms with Gasteiger partial charge in [0.25, 0.3) is 10.0 Å². The van der Waals surface area contributed by atoms with E-state index >= 15 is 0 Å². The molecule has 1 aromatic heterocycles. The van der Waals surface area contributed by atoms with Gasteiger partial charge in [-0.15, -0.1) is 0 Å². The first kappa shape index (κ1) is 14.5. The number of hydrogen-bond acceptors (Lipinski definition) is 5.